The number of halogens is 1. The van der Waals surface area contributed by atoms with Crippen LogP contribution < -0.4 is 5.32 Å². The van der Waals surface area contributed by atoms with Crippen LogP contribution in [0.15, 0.2) is 4.52 Å². The lowest BCUT2D eigenvalue weighted by Crippen LogP contribution is -2.19. The van der Waals surface area contributed by atoms with Gasteiger partial charge in [0, 0.05) is 5.92 Å². The smallest absolute Gasteiger partial charge is 0.229 e. The van der Waals surface area contributed by atoms with Gasteiger partial charge in [0.15, 0.2) is 5.82 Å². The first-order valence-electron chi connectivity index (χ1n) is 4.76. The Morgan fingerprint density at radius 3 is 2.79 bits per heavy atom. The number of aromatic nitrogens is 2. The fourth-order valence-electron chi connectivity index (χ4n) is 1.77. The minimum absolute atomic E-state index is 0. The van der Waals surface area contributed by atoms with Crippen molar-refractivity contribution in [3.63, 3.8) is 0 Å². The van der Waals surface area contributed by atoms with Gasteiger partial charge in [-0.2, -0.15) is 4.98 Å². The second-order valence-corrected chi connectivity index (χ2v) is 3.85. The Morgan fingerprint density at radius 1 is 1.50 bits per heavy atom. The van der Waals surface area contributed by atoms with Gasteiger partial charge in [-0.25, -0.2) is 0 Å². The van der Waals surface area contributed by atoms with Gasteiger partial charge in [-0.15, -0.1) is 12.4 Å². The maximum Gasteiger partial charge on any atom is 0.229 e. The highest BCUT2D eigenvalue weighted by atomic mass is 35.5. The average molecular weight is 218 g/mol. The zero-order valence-electron chi connectivity index (χ0n) is 8.49. The van der Waals surface area contributed by atoms with Gasteiger partial charge in [0.05, 0.1) is 6.54 Å². The summed E-state index contributed by atoms with van der Waals surface area (Å²) in [4.78, 5) is 4.32. The molecule has 0 bridgehead atoms. The number of nitrogens with zero attached hydrogens (tertiary/aromatic N) is 2. The molecule has 2 rings (SSSR count). The van der Waals surface area contributed by atoms with Crippen LogP contribution in [0, 0.1) is 5.92 Å². The molecular formula is C9H16ClN3O. The third kappa shape index (κ3) is 2.25. The molecule has 0 spiro atoms. The van der Waals surface area contributed by atoms with E-state index in [0.29, 0.717) is 12.5 Å². The summed E-state index contributed by atoms with van der Waals surface area (Å²) < 4.78 is 5.17. The van der Waals surface area contributed by atoms with Crippen molar-refractivity contribution in [1.82, 2.24) is 15.5 Å². The maximum atomic E-state index is 5.17. The average Bonchev–Trinajstić information content (AvgIpc) is 2.48. The fourth-order valence-corrected chi connectivity index (χ4v) is 1.77. The fraction of sp³-hybridized carbons (Fsp3) is 0.778. The van der Waals surface area contributed by atoms with E-state index in [2.05, 4.69) is 22.4 Å². The van der Waals surface area contributed by atoms with Crippen LogP contribution in [-0.4, -0.2) is 17.2 Å². The molecule has 1 aromatic rings. The molecule has 0 aliphatic heterocycles. The normalized spacial score (nSPS) is 25.3. The SMILES string of the molecule is CNCc1noc(C2CC(C)C2)n1.Cl. The van der Waals surface area contributed by atoms with Crippen molar-refractivity contribution in [1.29, 1.82) is 0 Å². The van der Waals surface area contributed by atoms with Crippen molar-refractivity contribution >= 4 is 12.4 Å². The Hall–Kier alpha value is -0.610. The van der Waals surface area contributed by atoms with E-state index in [1.54, 1.807) is 0 Å². The molecule has 0 amide bonds. The molecular weight excluding hydrogens is 202 g/mol. The van der Waals surface area contributed by atoms with Crippen molar-refractivity contribution in [2.24, 2.45) is 5.92 Å². The van der Waals surface area contributed by atoms with E-state index < -0.39 is 0 Å². The quantitative estimate of drug-likeness (QED) is 0.838. The lowest BCUT2D eigenvalue weighted by molar-refractivity contribution is 0.227. The molecule has 0 aromatic carbocycles. The van der Waals surface area contributed by atoms with Gasteiger partial charge < -0.3 is 9.84 Å². The molecule has 5 heteroatoms. The van der Waals surface area contributed by atoms with Gasteiger partial charge in [-0.1, -0.05) is 12.1 Å². The van der Waals surface area contributed by atoms with Crippen LogP contribution in [0.2, 0.25) is 0 Å². The van der Waals surface area contributed by atoms with E-state index in [9.17, 15) is 0 Å². The van der Waals surface area contributed by atoms with Crippen LogP contribution in [0.25, 0.3) is 0 Å². The van der Waals surface area contributed by atoms with Crippen molar-refractivity contribution in [2.75, 3.05) is 7.05 Å². The van der Waals surface area contributed by atoms with Crippen LogP contribution in [0.3, 0.4) is 0 Å². The molecule has 1 aliphatic rings. The summed E-state index contributed by atoms with van der Waals surface area (Å²) in [5.74, 6) is 2.93. The standard InChI is InChI=1S/C9H15N3O.ClH/c1-6-3-7(4-6)9-11-8(5-10-2)12-13-9;/h6-7,10H,3-5H2,1-2H3;1H. The largest absolute Gasteiger partial charge is 0.339 e. The van der Waals surface area contributed by atoms with Crippen LogP contribution in [0.1, 0.15) is 37.4 Å². The molecule has 0 saturated heterocycles. The second-order valence-electron chi connectivity index (χ2n) is 3.85. The summed E-state index contributed by atoms with van der Waals surface area (Å²) in [6, 6.07) is 0. The Balaban J connectivity index is 0.000000980. The molecule has 1 N–H and O–H groups in total. The highest BCUT2D eigenvalue weighted by Crippen LogP contribution is 2.40. The molecule has 1 saturated carbocycles. The first-order chi connectivity index (χ1) is 6.29. The summed E-state index contributed by atoms with van der Waals surface area (Å²) in [6.45, 7) is 2.94. The monoisotopic (exact) mass is 217 g/mol. The molecule has 4 nitrogen and oxygen atoms in total. The molecule has 0 radical (unpaired) electrons. The van der Waals surface area contributed by atoms with E-state index in [-0.39, 0.29) is 12.4 Å². The van der Waals surface area contributed by atoms with Crippen molar-refractivity contribution in [3.8, 4) is 0 Å². The third-order valence-corrected chi connectivity index (χ3v) is 2.54. The first kappa shape index (κ1) is 11.5. The van der Waals surface area contributed by atoms with Gasteiger partial charge in [-0.3, -0.25) is 0 Å². The Labute approximate surface area is 89.9 Å². The number of hydrogen-bond donors (Lipinski definition) is 1. The third-order valence-electron chi connectivity index (χ3n) is 2.54. The van der Waals surface area contributed by atoms with Gasteiger partial charge in [0.25, 0.3) is 0 Å². The molecule has 0 unspecified atom stereocenters. The zero-order chi connectivity index (χ0) is 9.26. The summed E-state index contributed by atoms with van der Waals surface area (Å²) in [7, 11) is 1.88. The second kappa shape index (κ2) is 4.75. The first-order valence-corrected chi connectivity index (χ1v) is 4.76. The summed E-state index contributed by atoms with van der Waals surface area (Å²) >= 11 is 0. The van der Waals surface area contributed by atoms with Crippen LogP contribution in [-0.2, 0) is 6.54 Å². The maximum absolute atomic E-state index is 5.17. The predicted octanol–water partition coefficient (Wildman–Crippen LogP) is 1.72. The summed E-state index contributed by atoms with van der Waals surface area (Å²) in [6.07, 6.45) is 2.39. The Morgan fingerprint density at radius 2 is 2.21 bits per heavy atom. The van der Waals surface area contributed by atoms with E-state index in [4.69, 9.17) is 4.52 Å². The molecule has 1 fully saturated rings. The van der Waals surface area contributed by atoms with Crippen LogP contribution in [0.5, 0.6) is 0 Å². The van der Waals surface area contributed by atoms with E-state index >= 15 is 0 Å². The van der Waals surface area contributed by atoms with Gasteiger partial charge >= 0.3 is 0 Å². The molecule has 14 heavy (non-hydrogen) atoms. The van der Waals surface area contributed by atoms with E-state index in [1.165, 1.54) is 12.8 Å². The van der Waals surface area contributed by atoms with Gasteiger partial charge in [0.2, 0.25) is 5.89 Å². The molecule has 80 valence electrons. The Bertz CT molecular complexity index is 283. The van der Waals surface area contributed by atoms with Crippen molar-refractivity contribution in [3.05, 3.63) is 11.7 Å². The van der Waals surface area contributed by atoms with Crippen LogP contribution in [0.4, 0.5) is 0 Å². The summed E-state index contributed by atoms with van der Waals surface area (Å²) in [5, 5.41) is 6.88. The van der Waals surface area contributed by atoms with Gasteiger partial charge in [0.1, 0.15) is 0 Å². The van der Waals surface area contributed by atoms with Gasteiger partial charge in [-0.05, 0) is 25.8 Å². The highest BCUT2D eigenvalue weighted by Gasteiger charge is 2.31. The lowest BCUT2D eigenvalue weighted by Gasteiger charge is -2.29. The molecule has 1 aromatic heterocycles. The van der Waals surface area contributed by atoms with Crippen LogP contribution >= 0.6 is 12.4 Å². The minimum Gasteiger partial charge on any atom is -0.339 e. The molecule has 0 atom stereocenters. The predicted molar refractivity (Wildman–Crippen MR) is 55.4 cm³/mol. The number of rotatable bonds is 3. The van der Waals surface area contributed by atoms with E-state index in [1.807, 2.05) is 7.05 Å². The Kier molecular flexibility index (Phi) is 3.89. The number of hydrogen-bond acceptors (Lipinski definition) is 4. The molecule has 1 heterocycles. The summed E-state index contributed by atoms with van der Waals surface area (Å²) in [5.41, 5.74) is 0. The van der Waals surface area contributed by atoms with Crippen molar-refractivity contribution in [2.45, 2.75) is 32.2 Å². The minimum atomic E-state index is 0. The number of nitrogens with one attached hydrogen (secondary N) is 1. The zero-order valence-corrected chi connectivity index (χ0v) is 9.30. The topological polar surface area (TPSA) is 51.0 Å². The molecule has 1 aliphatic carbocycles. The lowest BCUT2D eigenvalue weighted by atomic mass is 9.76. The van der Waals surface area contributed by atoms with E-state index in [0.717, 1.165) is 17.6 Å². The van der Waals surface area contributed by atoms with Crippen molar-refractivity contribution < 1.29 is 4.52 Å². The highest BCUT2D eigenvalue weighted by molar-refractivity contribution is 5.85.